The fraction of sp³-hybridized carbons (Fsp3) is 0.636. The number of hydrogen-bond donors (Lipinski definition) is 1. The van der Waals surface area contributed by atoms with Gasteiger partial charge in [-0.05, 0) is 6.42 Å². The standard InChI is InChI=1S/C11H18N4OS/c1-2-5-16-11-9(12)10(13-8-14-11)15-3-6-17-7-4-15/h8H,2-7,12H2,1H3. The molecule has 1 fully saturated rings. The third kappa shape index (κ3) is 2.94. The molecule has 2 rings (SSSR count). The fourth-order valence-electron chi connectivity index (χ4n) is 1.71. The Labute approximate surface area is 106 Å². The lowest BCUT2D eigenvalue weighted by atomic mass is 10.4. The van der Waals surface area contributed by atoms with Crippen molar-refractivity contribution < 1.29 is 4.74 Å². The van der Waals surface area contributed by atoms with Crippen LogP contribution in [0.1, 0.15) is 13.3 Å². The van der Waals surface area contributed by atoms with Crippen LogP contribution in [0.5, 0.6) is 5.88 Å². The Morgan fingerprint density at radius 3 is 2.88 bits per heavy atom. The Kier molecular flexibility index (Phi) is 4.30. The van der Waals surface area contributed by atoms with E-state index in [4.69, 9.17) is 10.5 Å². The maximum Gasteiger partial charge on any atom is 0.242 e. The summed E-state index contributed by atoms with van der Waals surface area (Å²) in [6.45, 7) is 4.66. The number of hydrogen-bond acceptors (Lipinski definition) is 6. The van der Waals surface area contributed by atoms with Crippen molar-refractivity contribution in [3.63, 3.8) is 0 Å². The topological polar surface area (TPSA) is 64.3 Å². The molecule has 0 radical (unpaired) electrons. The molecular weight excluding hydrogens is 236 g/mol. The summed E-state index contributed by atoms with van der Waals surface area (Å²) in [7, 11) is 0. The van der Waals surface area contributed by atoms with E-state index >= 15 is 0 Å². The lowest BCUT2D eigenvalue weighted by molar-refractivity contribution is 0.306. The number of nitrogens with two attached hydrogens (primary N) is 1. The minimum Gasteiger partial charge on any atom is -0.476 e. The predicted molar refractivity (Wildman–Crippen MR) is 71.8 cm³/mol. The number of nitrogens with zero attached hydrogens (tertiary/aromatic N) is 3. The second-order valence-corrected chi connectivity index (χ2v) is 5.09. The Morgan fingerprint density at radius 1 is 1.41 bits per heavy atom. The summed E-state index contributed by atoms with van der Waals surface area (Å²) in [4.78, 5) is 10.6. The van der Waals surface area contributed by atoms with Crippen molar-refractivity contribution in [2.75, 3.05) is 41.8 Å². The van der Waals surface area contributed by atoms with E-state index in [1.165, 1.54) is 6.33 Å². The lowest BCUT2D eigenvalue weighted by Gasteiger charge is -2.28. The van der Waals surface area contributed by atoms with Crippen molar-refractivity contribution in [1.82, 2.24) is 9.97 Å². The molecule has 0 spiro atoms. The molecule has 17 heavy (non-hydrogen) atoms. The fourth-order valence-corrected chi connectivity index (χ4v) is 2.61. The maximum absolute atomic E-state index is 6.06. The monoisotopic (exact) mass is 254 g/mol. The second kappa shape index (κ2) is 5.95. The predicted octanol–water partition coefficient (Wildman–Crippen LogP) is 1.40. The Hall–Kier alpha value is -1.17. The summed E-state index contributed by atoms with van der Waals surface area (Å²) in [6, 6.07) is 0. The van der Waals surface area contributed by atoms with E-state index in [0.29, 0.717) is 18.2 Å². The van der Waals surface area contributed by atoms with Gasteiger partial charge in [-0.15, -0.1) is 0 Å². The first-order valence-corrected chi connectivity index (χ1v) is 7.04. The molecule has 5 nitrogen and oxygen atoms in total. The number of nitrogen functional groups attached to an aromatic ring is 1. The third-order valence-corrected chi connectivity index (χ3v) is 3.52. The highest BCUT2D eigenvalue weighted by Crippen LogP contribution is 2.29. The van der Waals surface area contributed by atoms with Gasteiger partial charge in [0.25, 0.3) is 0 Å². The van der Waals surface area contributed by atoms with E-state index in [0.717, 1.165) is 36.8 Å². The molecule has 0 bridgehead atoms. The highest BCUT2D eigenvalue weighted by molar-refractivity contribution is 7.99. The molecule has 0 saturated carbocycles. The van der Waals surface area contributed by atoms with Gasteiger partial charge in [-0.3, -0.25) is 0 Å². The third-order valence-electron chi connectivity index (χ3n) is 2.58. The number of ether oxygens (including phenoxy) is 1. The zero-order valence-corrected chi connectivity index (χ0v) is 10.9. The molecule has 2 heterocycles. The van der Waals surface area contributed by atoms with E-state index < -0.39 is 0 Å². The van der Waals surface area contributed by atoms with Crippen LogP contribution in [0.3, 0.4) is 0 Å². The molecule has 0 atom stereocenters. The van der Waals surface area contributed by atoms with Crippen LogP contribution in [0.15, 0.2) is 6.33 Å². The first-order chi connectivity index (χ1) is 8.33. The quantitative estimate of drug-likeness (QED) is 0.876. The average molecular weight is 254 g/mol. The summed E-state index contributed by atoms with van der Waals surface area (Å²) in [6.07, 6.45) is 2.47. The van der Waals surface area contributed by atoms with Crippen molar-refractivity contribution in [2.24, 2.45) is 0 Å². The number of aromatic nitrogens is 2. The second-order valence-electron chi connectivity index (χ2n) is 3.86. The molecule has 6 heteroatoms. The first kappa shape index (κ1) is 12.3. The maximum atomic E-state index is 6.06. The van der Waals surface area contributed by atoms with Gasteiger partial charge in [-0.1, -0.05) is 6.92 Å². The molecule has 0 aromatic carbocycles. The molecule has 1 saturated heterocycles. The molecule has 0 aliphatic carbocycles. The molecule has 1 aromatic rings. The molecular formula is C11H18N4OS. The largest absolute Gasteiger partial charge is 0.476 e. The minimum atomic E-state index is 0.509. The summed E-state index contributed by atoms with van der Waals surface area (Å²) in [5.41, 5.74) is 6.62. The Balaban J connectivity index is 2.15. The zero-order chi connectivity index (χ0) is 12.1. The molecule has 1 aromatic heterocycles. The molecule has 1 aliphatic heterocycles. The van der Waals surface area contributed by atoms with Crippen LogP contribution in [-0.4, -0.2) is 41.2 Å². The van der Waals surface area contributed by atoms with Crippen molar-refractivity contribution in [3.8, 4) is 5.88 Å². The molecule has 1 aliphatic rings. The van der Waals surface area contributed by atoms with Gasteiger partial charge in [0.2, 0.25) is 5.88 Å². The first-order valence-electron chi connectivity index (χ1n) is 5.89. The van der Waals surface area contributed by atoms with Crippen LogP contribution < -0.4 is 15.4 Å². The molecule has 0 unspecified atom stereocenters. The van der Waals surface area contributed by atoms with Gasteiger partial charge >= 0.3 is 0 Å². The van der Waals surface area contributed by atoms with Crippen LogP contribution in [0.25, 0.3) is 0 Å². The summed E-state index contributed by atoms with van der Waals surface area (Å²) < 4.78 is 5.51. The number of rotatable bonds is 4. The zero-order valence-electron chi connectivity index (χ0n) is 10.1. The van der Waals surface area contributed by atoms with Gasteiger partial charge in [0.1, 0.15) is 12.0 Å². The molecule has 0 amide bonds. The van der Waals surface area contributed by atoms with Gasteiger partial charge < -0.3 is 15.4 Å². The van der Waals surface area contributed by atoms with Crippen LogP contribution in [0.2, 0.25) is 0 Å². The van der Waals surface area contributed by atoms with Crippen LogP contribution in [0, 0.1) is 0 Å². The highest BCUT2D eigenvalue weighted by Gasteiger charge is 2.18. The van der Waals surface area contributed by atoms with Gasteiger partial charge in [-0.2, -0.15) is 16.7 Å². The van der Waals surface area contributed by atoms with Crippen molar-refractivity contribution in [1.29, 1.82) is 0 Å². The van der Waals surface area contributed by atoms with Crippen molar-refractivity contribution in [2.45, 2.75) is 13.3 Å². The van der Waals surface area contributed by atoms with Crippen LogP contribution in [-0.2, 0) is 0 Å². The highest BCUT2D eigenvalue weighted by atomic mass is 32.2. The van der Waals surface area contributed by atoms with E-state index in [1.54, 1.807) is 0 Å². The smallest absolute Gasteiger partial charge is 0.242 e. The van der Waals surface area contributed by atoms with Crippen molar-refractivity contribution >= 4 is 23.3 Å². The normalized spacial score (nSPS) is 15.9. The van der Waals surface area contributed by atoms with Gasteiger partial charge in [0.15, 0.2) is 5.82 Å². The van der Waals surface area contributed by atoms with Gasteiger partial charge in [0, 0.05) is 24.6 Å². The van der Waals surface area contributed by atoms with E-state index in [9.17, 15) is 0 Å². The van der Waals surface area contributed by atoms with Crippen LogP contribution >= 0.6 is 11.8 Å². The lowest BCUT2D eigenvalue weighted by Crippen LogP contribution is -2.33. The van der Waals surface area contributed by atoms with E-state index in [-0.39, 0.29) is 0 Å². The minimum absolute atomic E-state index is 0.509. The Morgan fingerprint density at radius 2 is 2.18 bits per heavy atom. The molecule has 94 valence electrons. The average Bonchev–Trinajstić information content (AvgIpc) is 2.39. The van der Waals surface area contributed by atoms with Gasteiger partial charge in [-0.25, -0.2) is 4.98 Å². The molecule has 2 N–H and O–H groups in total. The van der Waals surface area contributed by atoms with E-state index in [2.05, 4.69) is 21.8 Å². The van der Waals surface area contributed by atoms with Crippen LogP contribution in [0.4, 0.5) is 11.5 Å². The van der Waals surface area contributed by atoms with Crippen molar-refractivity contribution in [3.05, 3.63) is 6.33 Å². The van der Waals surface area contributed by atoms with Gasteiger partial charge in [0.05, 0.1) is 6.61 Å². The summed E-state index contributed by atoms with van der Waals surface area (Å²) in [5.74, 6) is 3.56. The Bertz CT molecular complexity index is 368. The summed E-state index contributed by atoms with van der Waals surface area (Å²) in [5, 5.41) is 0. The SMILES string of the molecule is CCCOc1ncnc(N2CCSCC2)c1N. The summed E-state index contributed by atoms with van der Waals surface area (Å²) >= 11 is 1.96. The number of thioether (sulfide) groups is 1. The number of anilines is 2. The van der Waals surface area contributed by atoms with E-state index in [1.807, 2.05) is 11.8 Å².